The van der Waals surface area contributed by atoms with Crippen LogP contribution in [0.25, 0.3) is 0 Å². The van der Waals surface area contributed by atoms with Gasteiger partial charge in [-0.2, -0.15) is 0 Å². The lowest BCUT2D eigenvalue weighted by atomic mass is 10.2. The van der Waals surface area contributed by atoms with Gasteiger partial charge in [-0.15, -0.1) is 10.2 Å². The van der Waals surface area contributed by atoms with Crippen molar-refractivity contribution in [3.63, 3.8) is 0 Å². The molecule has 0 aromatic carbocycles. The van der Waals surface area contributed by atoms with Gasteiger partial charge in [0.25, 0.3) is 5.91 Å². The Morgan fingerprint density at radius 3 is 2.95 bits per heavy atom. The molecule has 0 N–H and O–H groups in total. The number of hydrogen-bond donors (Lipinski definition) is 0. The molecule has 1 aliphatic rings. The highest BCUT2D eigenvalue weighted by Gasteiger charge is 2.24. The first-order chi connectivity index (χ1) is 9.15. The summed E-state index contributed by atoms with van der Waals surface area (Å²) in [5.41, 5.74) is 0.265. The monoisotopic (exact) mass is 297 g/mol. The molecule has 1 amide bonds. The molecule has 3 rings (SSSR count). The average Bonchev–Trinajstić information content (AvgIpc) is 2.88. The zero-order valence-corrected chi connectivity index (χ0v) is 11.3. The van der Waals surface area contributed by atoms with Crippen molar-refractivity contribution in [2.75, 3.05) is 6.54 Å². The van der Waals surface area contributed by atoms with Gasteiger partial charge in [0, 0.05) is 25.5 Å². The Hall–Kier alpha value is -1.66. The number of carbonyl (C=O) groups is 1. The Morgan fingerprint density at radius 1 is 1.26 bits per heavy atom. The molecule has 2 aromatic heterocycles. The number of aromatic nitrogens is 4. The van der Waals surface area contributed by atoms with Gasteiger partial charge in [-0.05, 0) is 6.07 Å². The van der Waals surface area contributed by atoms with Crippen molar-refractivity contribution in [1.82, 2.24) is 24.6 Å². The average molecular weight is 298 g/mol. The number of amides is 1. The maximum Gasteiger partial charge on any atom is 0.257 e. The first-order valence-corrected chi connectivity index (χ1v) is 6.39. The van der Waals surface area contributed by atoms with E-state index >= 15 is 0 Å². The van der Waals surface area contributed by atoms with E-state index in [9.17, 15) is 4.79 Å². The van der Waals surface area contributed by atoms with Gasteiger partial charge in [-0.3, -0.25) is 4.79 Å². The zero-order valence-electron chi connectivity index (χ0n) is 9.75. The number of imidazole rings is 1. The summed E-state index contributed by atoms with van der Waals surface area (Å²) in [7, 11) is 0. The van der Waals surface area contributed by atoms with Crippen LogP contribution in [0.15, 0.2) is 18.5 Å². The summed E-state index contributed by atoms with van der Waals surface area (Å²) in [6.07, 6.45) is 3.62. The number of fused-ring (bicyclic) bond motifs is 1. The van der Waals surface area contributed by atoms with Crippen LogP contribution in [0, 0.1) is 0 Å². The second-order valence-electron chi connectivity index (χ2n) is 4.14. The smallest absolute Gasteiger partial charge is 0.257 e. The molecule has 0 bridgehead atoms. The highest BCUT2D eigenvalue weighted by atomic mass is 35.5. The van der Waals surface area contributed by atoms with E-state index in [4.69, 9.17) is 23.2 Å². The highest BCUT2D eigenvalue weighted by Crippen LogP contribution is 2.20. The fourth-order valence-electron chi connectivity index (χ4n) is 2.02. The molecule has 0 saturated heterocycles. The SMILES string of the molecule is O=C(c1cc(Cl)nnc1Cl)N1CCn2ccnc2C1. The first-order valence-electron chi connectivity index (χ1n) is 5.63. The molecule has 0 spiro atoms. The normalized spacial score (nSPS) is 14.3. The molecule has 98 valence electrons. The molecule has 0 saturated carbocycles. The van der Waals surface area contributed by atoms with Gasteiger partial charge in [0.15, 0.2) is 10.3 Å². The van der Waals surface area contributed by atoms with Gasteiger partial charge in [-0.25, -0.2) is 4.98 Å². The maximum absolute atomic E-state index is 12.4. The van der Waals surface area contributed by atoms with E-state index in [0.717, 1.165) is 5.82 Å². The lowest BCUT2D eigenvalue weighted by Gasteiger charge is -2.27. The Balaban J connectivity index is 1.87. The number of carbonyl (C=O) groups excluding carboxylic acids is 1. The number of halogens is 2. The third-order valence-electron chi connectivity index (χ3n) is 2.98. The molecule has 3 heterocycles. The molecular weight excluding hydrogens is 289 g/mol. The minimum Gasteiger partial charge on any atom is -0.332 e. The summed E-state index contributed by atoms with van der Waals surface area (Å²) in [4.78, 5) is 18.3. The zero-order chi connectivity index (χ0) is 13.4. The van der Waals surface area contributed by atoms with Crippen LogP contribution in [-0.4, -0.2) is 37.1 Å². The molecule has 0 fully saturated rings. The fourth-order valence-corrected chi connectivity index (χ4v) is 2.34. The van der Waals surface area contributed by atoms with Crippen LogP contribution in [0.5, 0.6) is 0 Å². The standard InChI is InChI=1S/C11H9Cl2N5O/c12-8-5-7(10(13)16-15-8)11(19)18-4-3-17-2-1-14-9(17)6-18/h1-2,5H,3-4,6H2. The quantitative estimate of drug-likeness (QED) is 0.803. The third kappa shape index (κ3) is 2.29. The van der Waals surface area contributed by atoms with Crippen molar-refractivity contribution in [3.8, 4) is 0 Å². The molecule has 8 heteroatoms. The molecule has 0 radical (unpaired) electrons. The van der Waals surface area contributed by atoms with E-state index in [1.54, 1.807) is 11.1 Å². The van der Waals surface area contributed by atoms with Gasteiger partial charge in [0.2, 0.25) is 0 Å². The molecule has 0 aliphatic carbocycles. The van der Waals surface area contributed by atoms with Gasteiger partial charge in [0.1, 0.15) is 5.82 Å². The number of nitrogens with zero attached hydrogens (tertiary/aromatic N) is 5. The van der Waals surface area contributed by atoms with E-state index in [1.165, 1.54) is 6.07 Å². The van der Waals surface area contributed by atoms with Crippen LogP contribution >= 0.6 is 23.2 Å². The molecular formula is C11H9Cl2N5O. The van der Waals surface area contributed by atoms with Gasteiger partial charge < -0.3 is 9.47 Å². The van der Waals surface area contributed by atoms with Crippen molar-refractivity contribution in [3.05, 3.63) is 40.2 Å². The van der Waals surface area contributed by atoms with E-state index in [2.05, 4.69) is 15.2 Å². The summed E-state index contributed by atoms with van der Waals surface area (Å²) < 4.78 is 2.02. The van der Waals surface area contributed by atoms with Gasteiger partial charge >= 0.3 is 0 Å². The first kappa shape index (κ1) is 12.4. The van der Waals surface area contributed by atoms with Crippen LogP contribution in [0.3, 0.4) is 0 Å². The second kappa shape index (κ2) is 4.79. The molecule has 0 atom stereocenters. The molecule has 2 aromatic rings. The Kier molecular flexibility index (Phi) is 3.12. The highest BCUT2D eigenvalue weighted by molar-refractivity contribution is 6.34. The predicted molar refractivity (Wildman–Crippen MR) is 69.0 cm³/mol. The summed E-state index contributed by atoms with van der Waals surface area (Å²) in [6, 6.07) is 1.43. The van der Waals surface area contributed by atoms with Gasteiger partial charge in [0.05, 0.1) is 12.1 Å². The summed E-state index contributed by atoms with van der Waals surface area (Å²) in [6.45, 7) is 1.76. The molecule has 19 heavy (non-hydrogen) atoms. The number of hydrogen-bond acceptors (Lipinski definition) is 4. The van der Waals surface area contributed by atoms with E-state index in [1.807, 2.05) is 10.8 Å². The van der Waals surface area contributed by atoms with E-state index in [0.29, 0.717) is 19.6 Å². The molecule has 0 unspecified atom stereocenters. The Labute approximate surface area is 119 Å². The van der Waals surface area contributed by atoms with E-state index < -0.39 is 0 Å². The molecule has 1 aliphatic heterocycles. The van der Waals surface area contributed by atoms with Crippen LogP contribution in [0.2, 0.25) is 10.3 Å². The predicted octanol–water partition coefficient (Wildman–Crippen LogP) is 1.64. The van der Waals surface area contributed by atoms with E-state index in [-0.39, 0.29) is 21.8 Å². The fraction of sp³-hybridized carbons (Fsp3) is 0.273. The summed E-state index contributed by atoms with van der Waals surface area (Å²) >= 11 is 11.6. The summed E-state index contributed by atoms with van der Waals surface area (Å²) in [5, 5.41) is 7.44. The van der Waals surface area contributed by atoms with Crippen molar-refractivity contribution in [1.29, 1.82) is 0 Å². The lowest BCUT2D eigenvalue weighted by molar-refractivity contribution is 0.0707. The van der Waals surface area contributed by atoms with Crippen molar-refractivity contribution >= 4 is 29.1 Å². The van der Waals surface area contributed by atoms with Crippen LogP contribution in [0.4, 0.5) is 0 Å². The molecule has 6 nitrogen and oxygen atoms in total. The number of rotatable bonds is 1. The van der Waals surface area contributed by atoms with Crippen molar-refractivity contribution in [2.45, 2.75) is 13.1 Å². The second-order valence-corrected chi connectivity index (χ2v) is 4.88. The lowest BCUT2D eigenvalue weighted by Crippen LogP contribution is -2.38. The van der Waals surface area contributed by atoms with Crippen LogP contribution in [0.1, 0.15) is 16.2 Å². The van der Waals surface area contributed by atoms with Crippen LogP contribution in [-0.2, 0) is 13.1 Å². The topological polar surface area (TPSA) is 63.9 Å². The van der Waals surface area contributed by atoms with Crippen molar-refractivity contribution < 1.29 is 4.79 Å². The van der Waals surface area contributed by atoms with Crippen LogP contribution < -0.4 is 0 Å². The largest absolute Gasteiger partial charge is 0.332 e. The Morgan fingerprint density at radius 2 is 2.11 bits per heavy atom. The summed E-state index contributed by atoms with van der Waals surface area (Å²) in [5.74, 6) is 0.639. The Bertz CT molecular complexity index is 642. The van der Waals surface area contributed by atoms with Crippen molar-refractivity contribution in [2.24, 2.45) is 0 Å². The minimum absolute atomic E-state index is 0.0586. The minimum atomic E-state index is -0.212. The maximum atomic E-state index is 12.4. The van der Waals surface area contributed by atoms with Gasteiger partial charge in [-0.1, -0.05) is 23.2 Å². The third-order valence-corrected chi connectivity index (χ3v) is 3.45.